The Kier molecular flexibility index (Phi) is 4.42. The van der Waals surface area contributed by atoms with E-state index >= 15 is 0 Å². The van der Waals surface area contributed by atoms with Gasteiger partial charge in [-0.25, -0.2) is 0 Å². The van der Waals surface area contributed by atoms with Crippen LogP contribution in [0, 0.1) is 0 Å². The van der Waals surface area contributed by atoms with Crippen molar-refractivity contribution in [2.24, 2.45) is 0 Å². The first-order chi connectivity index (χ1) is 6.58. The van der Waals surface area contributed by atoms with Crippen molar-refractivity contribution in [3.63, 3.8) is 0 Å². The van der Waals surface area contributed by atoms with E-state index < -0.39 is 0 Å². The topological polar surface area (TPSA) is 12.5 Å². The molecule has 78 valence electrons. The monoisotopic (exact) mass is 257 g/mol. The lowest BCUT2D eigenvalue weighted by atomic mass is 10.3. The van der Waals surface area contributed by atoms with Crippen LogP contribution in [0.1, 0.15) is 6.92 Å². The number of likely N-dealkylation sites (N-methyl/N-ethyl adjacent to an activating group) is 1. The highest BCUT2D eigenvalue weighted by Crippen LogP contribution is 2.17. The lowest BCUT2D eigenvalue weighted by molar-refractivity contribution is 0.177. The summed E-state index contributed by atoms with van der Waals surface area (Å²) in [6, 6.07) is 7.90. The second kappa shape index (κ2) is 5.37. The predicted octanol–water partition coefficient (Wildman–Crippen LogP) is 2.78. The molecule has 3 heteroatoms. The van der Waals surface area contributed by atoms with E-state index in [1.165, 1.54) is 0 Å². The number of ether oxygens (including phenoxy) is 1. The maximum Gasteiger partial charge on any atom is 0.119 e. The highest BCUT2D eigenvalue weighted by Gasteiger charge is 2.04. The second-order valence-electron chi connectivity index (χ2n) is 3.64. The van der Waals surface area contributed by atoms with Crippen LogP contribution in [0.25, 0.3) is 0 Å². The molecule has 0 spiro atoms. The van der Waals surface area contributed by atoms with Crippen molar-refractivity contribution >= 4 is 15.9 Å². The number of nitrogens with zero attached hydrogens (tertiary/aromatic N) is 1. The van der Waals surface area contributed by atoms with Gasteiger partial charge >= 0.3 is 0 Å². The van der Waals surface area contributed by atoms with E-state index in [0.717, 1.165) is 16.8 Å². The summed E-state index contributed by atoms with van der Waals surface area (Å²) in [5.41, 5.74) is 0. The molecule has 0 aliphatic rings. The minimum Gasteiger partial charge on any atom is -0.489 e. The minimum absolute atomic E-state index is 0.214. The summed E-state index contributed by atoms with van der Waals surface area (Å²) in [7, 11) is 4.09. The van der Waals surface area contributed by atoms with Crippen LogP contribution >= 0.6 is 15.9 Å². The fraction of sp³-hybridized carbons (Fsp3) is 0.455. The Morgan fingerprint density at radius 1 is 1.29 bits per heavy atom. The molecule has 0 radical (unpaired) electrons. The minimum atomic E-state index is 0.214. The van der Waals surface area contributed by atoms with Gasteiger partial charge in [0.1, 0.15) is 11.9 Å². The largest absolute Gasteiger partial charge is 0.489 e. The molecule has 0 aliphatic carbocycles. The molecule has 0 N–H and O–H groups in total. The molecule has 0 aliphatic heterocycles. The third-order valence-corrected chi connectivity index (χ3v) is 2.30. The first kappa shape index (κ1) is 11.5. The Bertz CT molecular complexity index is 271. The lowest BCUT2D eigenvalue weighted by Gasteiger charge is -2.18. The van der Waals surface area contributed by atoms with Gasteiger partial charge in [0.05, 0.1) is 0 Å². The summed E-state index contributed by atoms with van der Waals surface area (Å²) in [5, 5.41) is 0. The van der Waals surface area contributed by atoms with Gasteiger partial charge in [-0.05, 0) is 45.3 Å². The molecule has 0 unspecified atom stereocenters. The Balaban J connectivity index is 2.47. The summed E-state index contributed by atoms with van der Waals surface area (Å²) in [6.45, 7) is 3.00. The number of benzene rings is 1. The van der Waals surface area contributed by atoms with E-state index in [9.17, 15) is 0 Å². The van der Waals surface area contributed by atoms with Crippen molar-refractivity contribution in [3.05, 3.63) is 28.7 Å². The third-order valence-electron chi connectivity index (χ3n) is 1.77. The number of hydrogen-bond donors (Lipinski definition) is 0. The summed E-state index contributed by atoms with van der Waals surface area (Å²) in [4.78, 5) is 2.11. The zero-order chi connectivity index (χ0) is 10.6. The van der Waals surface area contributed by atoms with Crippen LogP contribution in [0.4, 0.5) is 0 Å². The molecule has 1 atom stereocenters. The average Bonchev–Trinajstić information content (AvgIpc) is 2.07. The highest BCUT2D eigenvalue weighted by molar-refractivity contribution is 9.10. The summed E-state index contributed by atoms with van der Waals surface area (Å²) >= 11 is 3.39. The molecule has 0 aromatic heterocycles. The SMILES string of the molecule is C[C@H](CN(C)C)Oc1ccc(Br)cc1. The van der Waals surface area contributed by atoms with E-state index in [2.05, 4.69) is 27.8 Å². The molecule has 0 bridgehead atoms. The van der Waals surface area contributed by atoms with Gasteiger partial charge in [0, 0.05) is 11.0 Å². The smallest absolute Gasteiger partial charge is 0.119 e. The molecule has 1 aromatic rings. The number of hydrogen-bond acceptors (Lipinski definition) is 2. The molecule has 0 fully saturated rings. The predicted molar refractivity (Wildman–Crippen MR) is 62.8 cm³/mol. The zero-order valence-electron chi connectivity index (χ0n) is 8.83. The molecule has 1 rings (SSSR count). The fourth-order valence-electron chi connectivity index (χ4n) is 1.30. The molecule has 2 nitrogen and oxygen atoms in total. The summed E-state index contributed by atoms with van der Waals surface area (Å²) in [6.07, 6.45) is 0.214. The van der Waals surface area contributed by atoms with Gasteiger partial charge in [-0.1, -0.05) is 15.9 Å². The number of rotatable bonds is 4. The fourth-order valence-corrected chi connectivity index (χ4v) is 1.56. The molecule has 14 heavy (non-hydrogen) atoms. The molecule has 0 saturated heterocycles. The lowest BCUT2D eigenvalue weighted by Crippen LogP contribution is -2.27. The van der Waals surface area contributed by atoms with Gasteiger partial charge in [0.15, 0.2) is 0 Å². The van der Waals surface area contributed by atoms with Crippen molar-refractivity contribution < 1.29 is 4.74 Å². The third kappa shape index (κ3) is 4.11. The van der Waals surface area contributed by atoms with Crippen LogP contribution in [0.5, 0.6) is 5.75 Å². The molecule has 0 amide bonds. The van der Waals surface area contributed by atoms with Gasteiger partial charge < -0.3 is 9.64 Å². The first-order valence-corrected chi connectivity index (χ1v) is 5.44. The molecular formula is C11H16BrNO. The molecular weight excluding hydrogens is 242 g/mol. The average molecular weight is 258 g/mol. The van der Waals surface area contributed by atoms with E-state index in [-0.39, 0.29) is 6.10 Å². The zero-order valence-corrected chi connectivity index (χ0v) is 10.4. The summed E-state index contributed by atoms with van der Waals surface area (Å²) in [5.74, 6) is 0.919. The van der Waals surface area contributed by atoms with Crippen molar-refractivity contribution in [1.29, 1.82) is 0 Å². The quantitative estimate of drug-likeness (QED) is 0.823. The maximum absolute atomic E-state index is 5.72. The van der Waals surface area contributed by atoms with Crippen LogP contribution in [-0.4, -0.2) is 31.6 Å². The highest BCUT2D eigenvalue weighted by atomic mass is 79.9. The van der Waals surface area contributed by atoms with Gasteiger partial charge in [-0.15, -0.1) is 0 Å². The van der Waals surface area contributed by atoms with Crippen LogP contribution in [0.2, 0.25) is 0 Å². The van der Waals surface area contributed by atoms with Crippen LogP contribution in [0.3, 0.4) is 0 Å². The Labute approximate surface area is 94.0 Å². The summed E-state index contributed by atoms with van der Waals surface area (Å²) < 4.78 is 6.79. The Hall–Kier alpha value is -0.540. The second-order valence-corrected chi connectivity index (χ2v) is 4.56. The van der Waals surface area contributed by atoms with E-state index in [4.69, 9.17) is 4.74 Å². The van der Waals surface area contributed by atoms with Crippen molar-refractivity contribution in [2.75, 3.05) is 20.6 Å². The van der Waals surface area contributed by atoms with Crippen LogP contribution in [-0.2, 0) is 0 Å². The van der Waals surface area contributed by atoms with E-state index in [1.54, 1.807) is 0 Å². The van der Waals surface area contributed by atoms with Crippen LogP contribution in [0.15, 0.2) is 28.7 Å². The van der Waals surface area contributed by atoms with Gasteiger partial charge in [0.2, 0.25) is 0 Å². The standard InChI is InChI=1S/C11H16BrNO/c1-9(8-13(2)3)14-11-6-4-10(12)5-7-11/h4-7,9H,8H2,1-3H3/t9-/m1/s1. The Morgan fingerprint density at radius 3 is 2.36 bits per heavy atom. The van der Waals surface area contributed by atoms with Gasteiger partial charge in [-0.2, -0.15) is 0 Å². The molecule has 0 heterocycles. The number of halogens is 1. The maximum atomic E-state index is 5.72. The van der Waals surface area contributed by atoms with E-state index in [1.807, 2.05) is 38.4 Å². The van der Waals surface area contributed by atoms with Crippen LogP contribution < -0.4 is 4.74 Å². The Morgan fingerprint density at radius 2 is 1.86 bits per heavy atom. The normalized spacial score (nSPS) is 12.9. The van der Waals surface area contributed by atoms with Gasteiger partial charge in [0.25, 0.3) is 0 Å². The first-order valence-electron chi connectivity index (χ1n) is 4.65. The van der Waals surface area contributed by atoms with Crippen molar-refractivity contribution in [2.45, 2.75) is 13.0 Å². The van der Waals surface area contributed by atoms with Crippen molar-refractivity contribution in [1.82, 2.24) is 4.90 Å². The molecule has 1 aromatic carbocycles. The van der Waals surface area contributed by atoms with Gasteiger partial charge in [-0.3, -0.25) is 0 Å². The van der Waals surface area contributed by atoms with E-state index in [0.29, 0.717) is 0 Å². The van der Waals surface area contributed by atoms with Crippen molar-refractivity contribution in [3.8, 4) is 5.75 Å². The molecule has 0 saturated carbocycles.